The SMILES string of the molecule is O=C(NCO)C1=CCCC1. The van der Waals surface area contributed by atoms with Gasteiger partial charge in [-0.1, -0.05) is 6.08 Å². The summed E-state index contributed by atoms with van der Waals surface area (Å²) in [5.74, 6) is -0.125. The fourth-order valence-corrected chi connectivity index (χ4v) is 1.06. The minimum absolute atomic E-state index is 0.125. The first-order valence-corrected chi connectivity index (χ1v) is 3.42. The average Bonchev–Trinajstić information content (AvgIpc) is 2.38. The Morgan fingerprint density at radius 1 is 1.80 bits per heavy atom. The number of aliphatic hydroxyl groups is 1. The maximum atomic E-state index is 10.9. The van der Waals surface area contributed by atoms with Crippen LogP contribution in [0.25, 0.3) is 0 Å². The van der Waals surface area contributed by atoms with Crippen molar-refractivity contribution in [3.8, 4) is 0 Å². The molecule has 10 heavy (non-hydrogen) atoms. The van der Waals surface area contributed by atoms with Crippen LogP contribution in [0.3, 0.4) is 0 Å². The van der Waals surface area contributed by atoms with Gasteiger partial charge < -0.3 is 10.4 Å². The first kappa shape index (κ1) is 7.28. The van der Waals surface area contributed by atoms with Gasteiger partial charge in [-0.05, 0) is 19.3 Å². The van der Waals surface area contributed by atoms with E-state index in [1.165, 1.54) is 0 Å². The summed E-state index contributed by atoms with van der Waals surface area (Å²) >= 11 is 0. The Morgan fingerprint density at radius 3 is 3.10 bits per heavy atom. The molecule has 0 bridgehead atoms. The summed E-state index contributed by atoms with van der Waals surface area (Å²) in [7, 11) is 0. The average molecular weight is 141 g/mol. The highest BCUT2D eigenvalue weighted by Gasteiger charge is 2.11. The molecule has 0 saturated carbocycles. The van der Waals surface area contributed by atoms with E-state index in [2.05, 4.69) is 5.32 Å². The van der Waals surface area contributed by atoms with Gasteiger partial charge in [-0.15, -0.1) is 0 Å². The monoisotopic (exact) mass is 141 g/mol. The van der Waals surface area contributed by atoms with Crippen LogP contribution in [0.2, 0.25) is 0 Å². The van der Waals surface area contributed by atoms with Crippen molar-refractivity contribution in [1.82, 2.24) is 5.32 Å². The van der Waals surface area contributed by atoms with Gasteiger partial charge >= 0.3 is 0 Å². The molecule has 3 heteroatoms. The summed E-state index contributed by atoms with van der Waals surface area (Å²) in [6.45, 7) is -0.268. The molecular formula is C7H11NO2. The van der Waals surface area contributed by atoms with E-state index in [-0.39, 0.29) is 12.6 Å². The van der Waals surface area contributed by atoms with E-state index in [4.69, 9.17) is 5.11 Å². The Morgan fingerprint density at radius 2 is 2.60 bits per heavy atom. The molecular weight excluding hydrogens is 130 g/mol. The zero-order valence-corrected chi connectivity index (χ0v) is 5.76. The van der Waals surface area contributed by atoms with Gasteiger partial charge in [0, 0.05) is 5.57 Å². The zero-order chi connectivity index (χ0) is 7.40. The van der Waals surface area contributed by atoms with Crippen molar-refractivity contribution in [2.45, 2.75) is 19.3 Å². The number of allylic oxidation sites excluding steroid dienone is 1. The maximum absolute atomic E-state index is 10.9. The van der Waals surface area contributed by atoms with E-state index in [0.717, 1.165) is 24.8 Å². The molecule has 0 aromatic rings. The molecule has 0 aromatic carbocycles. The molecule has 0 fully saturated rings. The van der Waals surface area contributed by atoms with Crippen molar-refractivity contribution < 1.29 is 9.90 Å². The standard InChI is InChI=1S/C7H11NO2/c9-5-8-7(10)6-3-1-2-4-6/h3,9H,1-2,4-5H2,(H,8,10). The lowest BCUT2D eigenvalue weighted by Gasteiger charge is -1.99. The van der Waals surface area contributed by atoms with Gasteiger partial charge in [0.25, 0.3) is 0 Å². The Hall–Kier alpha value is -0.830. The number of hydrogen-bond donors (Lipinski definition) is 2. The number of nitrogens with one attached hydrogen (secondary N) is 1. The van der Waals surface area contributed by atoms with E-state index in [1.54, 1.807) is 0 Å². The molecule has 1 amide bonds. The van der Waals surface area contributed by atoms with Gasteiger partial charge in [0.05, 0.1) is 0 Å². The fourth-order valence-electron chi connectivity index (χ4n) is 1.06. The Bertz CT molecular complexity index is 163. The first-order chi connectivity index (χ1) is 4.84. The lowest BCUT2D eigenvalue weighted by Crippen LogP contribution is -2.24. The quantitative estimate of drug-likeness (QED) is 0.538. The van der Waals surface area contributed by atoms with Crippen LogP contribution in [0.5, 0.6) is 0 Å². The van der Waals surface area contributed by atoms with Crippen LogP contribution < -0.4 is 5.32 Å². The lowest BCUT2D eigenvalue weighted by atomic mass is 10.2. The molecule has 2 N–H and O–H groups in total. The van der Waals surface area contributed by atoms with E-state index < -0.39 is 0 Å². The van der Waals surface area contributed by atoms with E-state index in [9.17, 15) is 4.79 Å². The van der Waals surface area contributed by atoms with Gasteiger partial charge in [0.1, 0.15) is 6.73 Å². The second-order valence-corrected chi connectivity index (χ2v) is 2.29. The zero-order valence-electron chi connectivity index (χ0n) is 5.76. The predicted octanol–water partition coefficient (Wildman–Crippen LogP) is 0.163. The van der Waals surface area contributed by atoms with Crippen molar-refractivity contribution in [2.24, 2.45) is 0 Å². The van der Waals surface area contributed by atoms with Crippen LogP contribution in [-0.2, 0) is 4.79 Å². The topological polar surface area (TPSA) is 49.3 Å². The number of aliphatic hydroxyl groups excluding tert-OH is 1. The van der Waals surface area contributed by atoms with Crippen LogP contribution in [0.15, 0.2) is 11.6 Å². The summed E-state index contributed by atoms with van der Waals surface area (Å²) in [6, 6.07) is 0. The minimum Gasteiger partial charge on any atom is -0.376 e. The summed E-state index contributed by atoms with van der Waals surface area (Å²) in [6.07, 6.45) is 4.83. The summed E-state index contributed by atoms with van der Waals surface area (Å²) in [5, 5.41) is 10.7. The number of carbonyl (C=O) groups excluding carboxylic acids is 1. The molecule has 1 rings (SSSR count). The van der Waals surface area contributed by atoms with E-state index in [1.807, 2.05) is 6.08 Å². The Kier molecular flexibility index (Phi) is 2.45. The molecule has 0 unspecified atom stereocenters. The van der Waals surface area contributed by atoms with Crippen LogP contribution >= 0.6 is 0 Å². The number of hydrogen-bond acceptors (Lipinski definition) is 2. The molecule has 0 atom stereocenters. The molecule has 56 valence electrons. The molecule has 0 heterocycles. The van der Waals surface area contributed by atoms with Crippen molar-refractivity contribution in [3.05, 3.63) is 11.6 Å². The molecule has 1 aliphatic rings. The second kappa shape index (κ2) is 3.37. The highest BCUT2D eigenvalue weighted by Crippen LogP contribution is 2.16. The highest BCUT2D eigenvalue weighted by molar-refractivity contribution is 5.93. The van der Waals surface area contributed by atoms with Gasteiger partial charge in [-0.25, -0.2) is 0 Å². The van der Waals surface area contributed by atoms with Crippen molar-refractivity contribution in [1.29, 1.82) is 0 Å². The van der Waals surface area contributed by atoms with Crippen molar-refractivity contribution in [3.63, 3.8) is 0 Å². The van der Waals surface area contributed by atoms with Crippen LogP contribution in [0.1, 0.15) is 19.3 Å². The van der Waals surface area contributed by atoms with Crippen molar-refractivity contribution >= 4 is 5.91 Å². The second-order valence-electron chi connectivity index (χ2n) is 2.29. The molecule has 3 nitrogen and oxygen atoms in total. The third kappa shape index (κ3) is 1.57. The van der Waals surface area contributed by atoms with E-state index in [0.29, 0.717) is 0 Å². The lowest BCUT2D eigenvalue weighted by molar-refractivity contribution is -0.118. The summed E-state index contributed by atoms with van der Waals surface area (Å²) in [4.78, 5) is 10.9. The molecule has 1 aliphatic carbocycles. The third-order valence-electron chi connectivity index (χ3n) is 1.57. The predicted molar refractivity (Wildman–Crippen MR) is 37.2 cm³/mol. The maximum Gasteiger partial charge on any atom is 0.248 e. The molecule has 0 aliphatic heterocycles. The summed E-state index contributed by atoms with van der Waals surface area (Å²) < 4.78 is 0. The first-order valence-electron chi connectivity index (χ1n) is 3.42. The third-order valence-corrected chi connectivity index (χ3v) is 1.57. The van der Waals surface area contributed by atoms with Gasteiger partial charge in [-0.3, -0.25) is 4.79 Å². The fraction of sp³-hybridized carbons (Fsp3) is 0.571. The largest absolute Gasteiger partial charge is 0.376 e. The van der Waals surface area contributed by atoms with Crippen LogP contribution in [0, 0.1) is 0 Å². The molecule has 0 radical (unpaired) electrons. The van der Waals surface area contributed by atoms with Gasteiger partial charge in [0.2, 0.25) is 5.91 Å². The van der Waals surface area contributed by atoms with Gasteiger partial charge in [-0.2, -0.15) is 0 Å². The Labute approximate surface area is 59.7 Å². The molecule has 0 spiro atoms. The minimum atomic E-state index is -0.268. The number of amides is 1. The van der Waals surface area contributed by atoms with Gasteiger partial charge in [0.15, 0.2) is 0 Å². The van der Waals surface area contributed by atoms with Crippen molar-refractivity contribution in [2.75, 3.05) is 6.73 Å². The molecule has 0 saturated heterocycles. The summed E-state index contributed by atoms with van der Waals surface area (Å²) in [5.41, 5.74) is 0.814. The van der Waals surface area contributed by atoms with Crippen LogP contribution in [0.4, 0.5) is 0 Å². The smallest absolute Gasteiger partial charge is 0.248 e. The number of carbonyl (C=O) groups is 1. The number of rotatable bonds is 2. The van der Waals surface area contributed by atoms with Crippen LogP contribution in [-0.4, -0.2) is 17.7 Å². The Balaban J connectivity index is 2.40. The highest BCUT2D eigenvalue weighted by atomic mass is 16.3. The van der Waals surface area contributed by atoms with E-state index >= 15 is 0 Å². The molecule has 0 aromatic heterocycles. The normalized spacial score (nSPS) is 16.7.